The zero-order valence-electron chi connectivity index (χ0n) is 21.6. The van der Waals surface area contributed by atoms with Crippen molar-refractivity contribution in [3.8, 4) is 17.2 Å². The molecule has 0 aliphatic heterocycles. The van der Waals surface area contributed by atoms with Crippen molar-refractivity contribution in [2.24, 2.45) is 5.92 Å². The smallest absolute Gasteiger partial charge is 0.326 e. The second-order valence-corrected chi connectivity index (χ2v) is 8.28. The number of carbonyl (C=O) groups is 3. The lowest BCUT2D eigenvalue weighted by molar-refractivity contribution is -0.112. The van der Waals surface area contributed by atoms with Crippen LogP contribution in [0.25, 0.3) is 0 Å². The van der Waals surface area contributed by atoms with Crippen molar-refractivity contribution in [1.29, 1.82) is 0 Å². The highest BCUT2D eigenvalue weighted by Gasteiger charge is 2.20. The Balaban J connectivity index is 1.68. The van der Waals surface area contributed by atoms with Crippen molar-refractivity contribution in [3.05, 3.63) is 65.8 Å². The predicted molar refractivity (Wildman–Crippen MR) is 143 cm³/mol. The molecule has 2 aromatic rings. The van der Waals surface area contributed by atoms with Gasteiger partial charge < -0.3 is 24.8 Å². The molecular formula is C28H33N3O6. The van der Waals surface area contributed by atoms with Crippen molar-refractivity contribution in [2.75, 3.05) is 30.5 Å². The number of hydrogen-bond donors (Lipinski definition) is 3. The van der Waals surface area contributed by atoms with Crippen LogP contribution in [0, 0.1) is 5.92 Å². The fourth-order valence-electron chi connectivity index (χ4n) is 3.63. The summed E-state index contributed by atoms with van der Waals surface area (Å²) in [6, 6.07) is 8.94. The number of benzene rings is 2. The first-order chi connectivity index (χ1) is 17.8. The van der Waals surface area contributed by atoms with Crippen LogP contribution in [-0.4, -0.2) is 37.7 Å². The molecule has 0 heterocycles. The summed E-state index contributed by atoms with van der Waals surface area (Å²) < 4.78 is 16.9. The van der Waals surface area contributed by atoms with E-state index in [-0.39, 0.29) is 11.5 Å². The number of urea groups is 1. The van der Waals surface area contributed by atoms with Crippen LogP contribution < -0.4 is 30.2 Å². The van der Waals surface area contributed by atoms with Crippen LogP contribution in [0.2, 0.25) is 0 Å². The van der Waals surface area contributed by atoms with E-state index < -0.39 is 11.9 Å². The van der Waals surface area contributed by atoms with Gasteiger partial charge in [0.25, 0.3) is 11.8 Å². The second-order valence-electron chi connectivity index (χ2n) is 8.28. The standard InChI is InChI=1S/C28H33N3O6/c1-5-35-23-15-20(16-24(36-6-2)25(23)37-7-3)27(33)31-28(34)30-22-10-8-9-21(17-22)29-26(32)19-13-11-18(4)12-14-19/h8-11,13-18H,5-7,12H2,1-4H3,(H,29,32)(H2,30,31,33,34). The van der Waals surface area contributed by atoms with Crippen molar-refractivity contribution >= 4 is 29.2 Å². The summed E-state index contributed by atoms with van der Waals surface area (Å²) in [7, 11) is 0. The number of amides is 4. The van der Waals surface area contributed by atoms with Gasteiger partial charge in [-0.3, -0.25) is 14.9 Å². The van der Waals surface area contributed by atoms with E-state index in [1.54, 1.807) is 30.3 Å². The molecule has 4 amide bonds. The fourth-order valence-corrected chi connectivity index (χ4v) is 3.63. The Morgan fingerprint density at radius 2 is 1.49 bits per heavy atom. The molecule has 0 radical (unpaired) electrons. The van der Waals surface area contributed by atoms with Gasteiger partial charge >= 0.3 is 6.03 Å². The van der Waals surface area contributed by atoms with Gasteiger partial charge in [0.2, 0.25) is 5.75 Å². The molecule has 1 unspecified atom stereocenters. The summed E-state index contributed by atoms with van der Waals surface area (Å²) in [5.41, 5.74) is 1.68. The van der Waals surface area contributed by atoms with Gasteiger partial charge in [-0.25, -0.2) is 4.79 Å². The van der Waals surface area contributed by atoms with Crippen LogP contribution in [0.5, 0.6) is 17.2 Å². The van der Waals surface area contributed by atoms with Crippen LogP contribution in [-0.2, 0) is 4.79 Å². The Morgan fingerprint density at radius 1 is 0.865 bits per heavy atom. The van der Waals surface area contributed by atoms with E-state index in [1.165, 1.54) is 12.1 Å². The molecule has 0 spiro atoms. The summed E-state index contributed by atoms with van der Waals surface area (Å²) in [5, 5.41) is 7.74. The summed E-state index contributed by atoms with van der Waals surface area (Å²) in [6.45, 7) is 8.65. The molecule has 0 aromatic heterocycles. The predicted octanol–water partition coefficient (Wildman–Crippen LogP) is 5.31. The molecule has 9 nitrogen and oxygen atoms in total. The largest absolute Gasteiger partial charge is 0.490 e. The molecule has 196 valence electrons. The summed E-state index contributed by atoms with van der Waals surface area (Å²) in [4.78, 5) is 37.9. The van der Waals surface area contributed by atoms with Gasteiger partial charge in [-0.2, -0.15) is 0 Å². The van der Waals surface area contributed by atoms with Gasteiger partial charge in [0.15, 0.2) is 11.5 Å². The maximum Gasteiger partial charge on any atom is 0.326 e. The fraction of sp³-hybridized carbons (Fsp3) is 0.321. The van der Waals surface area contributed by atoms with Gasteiger partial charge in [-0.05, 0) is 63.4 Å². The number of ether oxygens (including phenoxy) is 3. The minimum atomic E-state index is -0.731. The Labute approximate surface area is 216 Å². The minimum Gasteiger partial charge on any atom is -0.490 e. The van der Waals surface area contributed by atoms with Gasteiger partial charge in [0, 0.05) is 22.5 Å². The number of allylic oxidation sites excluding steroid dienone is 2. The normalized spacial score (nSPS) is 14.3. The lowest BCUT2D eigenvalue weighted by atomic mass is 9.98. The number of nitrogens with one attached hydrogen (secondary N) is 3. The Morgan fingerprint density at radius 3 is 2.05 bits per heavy atom. The molecule has 1 atom stereocenters. The maximum absolute atomic E-state index is 12.8. The van der Waals surface area contributed by atoms with Crippen molar-refractivity contribution in [3.63, 3.8) is 0 Å². The lowest BCUT2D eigenvalue weighted by Crippen LogP contribution is -2.34. The molecular weight excluding hydrogens is 474 g/mol. The molecule has 0 fully saturated rings. The van der Waals surface area contributed by atoms with Gasteiger partial charge in [0.05, 0.1) is 19.8 Å². The Hall–Kier alpha value is -4.27. The molecule has 37 heavy (non-hydrogen) atoms. The third-order valence-electron chi connectivity index (χ3n) is 5.35. The Bertz CT molecular complexity index is 1180. The quantitative estimate of drug-likeness (QED) is 0.402. The van der Waals surface area contributed by atoms with E-state index in [9.17, 15) is 14.4 Å². The first-order valence-corrected chi connectivity index (χ1v) is 12.3. The van der Waals surface area contributed by atoms with Gasteiger partial charge in [-0.15, -0.1) is 0 Å². The van der Waals surface area contributed by atoms with Crippen LogP contribution in [0.3, 0.4) is 0 Å². The SMILES string of the molecule is CCOc1cc(C(=O)NC(=O)Nc2cccc(NC(=O)C3=CCC(C)C=C3)c2)cc(OCC)c1OCC. The van der Waals surface area contributed by atoms with Gasteiger partial charge in [-0.1, -0.05) is 31.2 Å². The number of hydrogen-bond acceptors (Lipinski definition) is 6. The summed E-state index contributed by atoms with van der Waals surface area (Å²) in [6.07, 6.45) is 6.50. The number of rotatable bonds is 10. The molecule has 0 saturated heterocycles. The highest BCUT2D eigenvalue weighted by atomic mass is 16.5. The van der Waals surface area contributed by atoms with Crippen LogP contribution in [0.1, 0.15) is 44.5 Å². The molecule has 3 N–H and O–H groups in total. The third kappa shape index (κ3) is 7.60. The van der Waals surface area contributed by atoms with Crippen molar-refractivity contribution in [1.82, 2.24) is 5.32 Å². The van der Waals surface area contributed by atoms with E-state index in [0.29, 0.717) is 59.9 Å². The second kappa shape index (κ2) is 13.2. The van der Waals surface area contributed by atoms with Crippen molar-refractivity contribution in [2.45, 2.75) is 34.1 Å². The summed E-state index contributed by atoms with van der Waals surface area (Å²) >= 11 is 0. The van der Waals surface area contributed by atoms with Crippen LogP contribution in [0.15, 0.2) is 60.2 Å². The first kappa shape index (κ1) is 27.3. The zero-order valence-corrected chi connectivity index (χ0v) is 21.6. The highest BCUT2D eigenvalue weighted by Crippen LogP contribution is 2.39. The third-order valence-corrected chi connectivity index (χ3v) is 5.35. The molecule has 9 heteroatoms. The molecule has 2 aromatic carbocycles. The highest BCUT2D eigenvalue weighted by molar-refractivity contribution is 6.09. The minimum absolute atomic E-state index is 0.176. The van der Waals surface area contributed by atoms with E-state index >= 15 is 0 Å². The number of anilines is 2. The molecule has 0 bridgehead atoms. The average molecular weight is 508 g/mol. The molecule has 1 aliphatic carbocycles. The Kier molecular flexibility index (Phi) is 9.71. The van der Waals surface area contributed by atoms with E-state index in [2.05, 4.69) is 22.9 Å². The van der Waals surface area contributed by atoms with Crippen LogP contribution >= 0.6 is 0 Å². The van der Waals surface area contributed by atoms with Crippen LogP contribution in [0.4, 0.5) is 16.2 Å². The lowest BCUT2D eigenvalue weighted by Gasteiger charge is -2.17. The van der Waals surface area contributed by atoms with Crippen molar-refractivity contribution < 1.29 is 28.6 Å². The number of carbonyl (C=O) groups excluding carboxylic acids is 3. The topological polar surface area (TPSA) is 115 Å². The molecule has 3 rings (SSSR count). The molecule has 0 saturated carbocycles. The monoisotopic (exact) mass is 507 g/mol. The van der Waals surface area contributed by atoms with E-state index in [4.69, 9.17) is 14.2 Å². The number of imide groups is 1. The first-order valence-electron chi connectivity index (χ1n) is 12.3. The van der Waals surface area contributed by atoms with E-state index in [0.717, 1.165) is 6.42 Å². The average Bonchev–Trinajstić information content (AvgIpc) is 2.86. The molecule has 1 aliphatic rings. The van der Waals surface area contributed by atoms with E-state index in [1.807, 2.05) is 32.9 Å². The zero-order chi connectivity index (χ0) is 26.8. The maximum atomic E-state index is 12.8. The summed E-state index contributed by atoms with van der Waals surface area (Å²) in [5.74, 6) is 0.635. The van der Waals surface area contributed by atoms with Gasteiger partial charge in [0.1, 0.15) is 0 Å².